The largest absolute Gasteiger partial charge is 1.00 e. The zero-order valence-corrected chi connectivity index (χ0v) is 7.97. The summed E-state index contributed by atoms with van der Waals surface area (Å²) in [5.41, 5.74) is 0. The van der Waals surface area contributed by atoms with Crippen LogP contribution in [0.5, 0.6) is 0 Å². The molecule has 0 heterocycles. The van der Waals surface area contributed by atoms with Gasteiger partial charge < -0.3 is 15.7 Å². The molecule has 0 rings (SSSR count). The second-order valence-electron chi connectivity index (χ2n) is 0.925. The minimum absolute atomic E-state index is 0. The first-order valence-electron chi connectivity index (χ1n) is 1.90. The second kappa shape index (κ2) is 15.8. The molecule has 4 nitrogen and oxygen atoms in total. The smallest absolute Gasteiger partial charge is 0.870 e. The summed E-state index contributed by atoms with van der Waals surface area (Å²) in [5, 5.41) is 0. The van der Waals surface area contributed by atoms with Crippen LogP contribution in [0.1, 0.15) is 13.8 Å². The van der Waals surface area contributed by atoms with E-state index in [4.69, 9.17) is 0 Å². The number of esters is 1. The van der Waals surface area contributed by atoms with Crippen LogP contribution in [0.25, 0.3) is 0 Å². The zero-order valence-electron chi connectivity index (χ0n) is 5.97. The van der Waals surface area contributed by atoms with Crippen LogP contribution in [0.15, 0.2) is 0 Å². The molecule has 0 aliphatic heterocycles. The molecule has 0 bridgehead atoms. The average molecular weight is 146 g/mol. The SMILES string of the molecule is CCOC(C)=O.O.[Na+].[OH-]. The Labute approximate surface area is 76.5 Å². The van der Waals surface area contributed by atoms with Crippen LogP contribution in [0.3, 0.4) is 0 Å². The Morgan fingerprint density at radius 1 is 1.56 bits per heavy atom. The summed E-state index contributed by atoms with van der Waals surface area (Å²) < 4.78 is 4.40. The minimum Gasteiger partial charge on any atom is -0.870 e. The maximum atomic E-state index is 9.82. The molecule has 3 N–H and O–H groups in total. The van der Waals surface area contributed by atoms with Gasteiger partial charge in [-0.25, -0.2) is 0 Å². The van der Waals surface area contributed by atoms with Gasteiger partial charge >= 0.3 is 35.5 Å². The van der Waals surface area contributed by atoms with E-state index in [2.05, 4.69) is 4.74 Å². The van der Waals surface area contributed by atoms with Gasteiger partial charge in [0.15, 0.2) is 0 Å². The molecule has 0 aromatic heterocycles. The van der Waals surface area contributed by atoms with E-state index >= 15 is 0 Å². The van der Waals surface area contributed by atoms with Gasteiger partial charge in [0.05, 0.1) is 6.61 Å². The number of carbonyl (C=O) groups excluding carboxylic acids is 1. The predicted octanol–water partition coefficient (Wildman–Crippen LogP) is -3.43. The van der Waals surface area contributed by atoms with Crippen molar-refractivity contribution in [2.45, 2.75) is 13.8 Å². The quantitative estimate of drug-likeness (QED) is 0.285. The van der Waals surface area contributed by atoms with Gasteiger partial charge in [0.2, 0.25) is 0 Å². The Kier molecular flexibility index (Phi) is 39.9. The fraction of sp³-hybridized carbons (Fsp3) is 0.750. The molecule has 0 spiro atoms. The summed E-state index contributed by atoms with van der Waals surface area (Å²) in [6.45, 7) is 3.65. The van der Waals surface area contributed by atoms with Gasteiger partial charge in [0.1, 0.15) is 0 Å². The van der Waals surface area contributed by atoms with Gasteiger partial charge in [0.25, 0.3) is 0 Å². The molecule has 9 heavy (non-hydrogen) atoms. The number of hydrogen-bond donors (Lipinski definition) is 0. The third-order valence-electron chi connectivity index (χ3n) is 0.348. The van der Waals surface area contributed by atoms with E-state index in [-0.39, 0.29) is 46.5 Å². The zero-order chi connectivity index (χ0) is 4.99. The Morgan fingerprint density at radius 2 is 1.89 bits per heavy atom. The van der Waals surface area contributed by atoms with Crippen LogP contribution in [-0.2, 0) is 9.53 Å². The van der Waals surface area contributed by atoms with Crippen LogP contribution in [0.2, 0.25) is 0 Å². The number of carbonyl (C=O) groups is 1. The molecule has 0 amide bonds. The molecule has 52 valence electrons. The van der Waals surface area contributed by atoms with Gasteiger partial charge in [-0.3, -0.25) is 4.79 Å². The minimum atomic E-state index is -0.211. The summed E-state index contributed by atoms with van der Waals surface area (Å²) in [6.07, 6.45) is 0. The standard InChI is InChI=1S/C4H8O2.Na.2H2O/c1-3-6-4(2)5;;;/h3H2,1-2H3;;2*1H2/q;+1;;/p-1. The predicted molar refractivity (Wildman–Crippen MR) is 27.9 cm³/mol. The van der Waals surface area contributed by atoms with Crippen LogP contribution >= 0.6 is 0 Å². The van der Waals surface area contributed by atoms with Crippen molar-refractivity contribution in [1.29, 1.82) is 0 Å². The van der Waals surface area contributed by atoms with Crippen LogP contribution in [0, 0.1) is 0 Å². The molecule has 0 radical (unpaired) electrons. The first kappa shape index (κ1) is 22.8. The van der Waals surface area contributed by atoms with Crippen molar-refractivity contribution < 1.29 is 50.0 Å². The Bertz CT molecular complexity index is 56.5. The van der Waals surface area contributed by atoms with E-state index in [0.717, 1.165) is 0 Å². The molecular weight excluding hydrogens is 135 g/mol. The van der Waals surface area contributed by atoms with Crippen molar-refractivity contribution in [3.63, 3.8) is 0 Å². The topological polar surface area (TPSA) is 87.8 Å². The van der Waals surface area contributed by atoms with Crippen molar-refractivity contribution in [3.05, 3.63) is 0 Å². The molecule has 0 aliphatic carbocycles. The number of ether oxygens (including phenoxy) is 1. The summed E-state index contributed by atoms with van der Waals surface area (Å²) in [6, 6.07) is 0. The third kappa shape index (κ3) is 29.8. The summed E-state index contributed by atoms with van der Waals surface area (Å²) >= 11 is 0. The number of hydrogen-bond acceptors (Lipinski definition) is 3. The third-order valence-corrected chi connectivity index (χ3v) is 0.348. The average Bonchev–Trinajstić information content (AvgIpc) is 1.35. The van der Waals surface area contributed by atoms with Gasteiger partial charge in [-0.15, -0.1) is 0 Å². The summed E-state index contributed by atoms with van der Waals surface area (Å²) in [7, 11) is 0. The molecule has 0 aromatic carbocycles. The van der Waals surface area contributed by atoms with Gasteiger partial charge in [-0.05, 0) is 6.92 Å². The Balaban J connectivity index is -0.0000000417. The van der Waals surface area contributed by atoms with Gasteiger partial charge in [0, 0.05) is 6.92 Å². The number of rotatable bonds is 1. The molecule has 0 aliphatic rings. The van der Waals surface area contributed by atoms with E-state index in [1.165, 1.54) is 6.92 Å². The molecule has 5 heteroatoms. The normalized spacial score (nSPS) is 5.11. The Morgan fingerprint density at radius 3 is 1.89 bits per heavy atom. The van der Waals surface area contributed by atoms with E-state index < -0.39 is 0 Å². The van der Waals surface area contributed by atoms with Crippen molar-refractivity contribution in [2.75, 3.05) is 6.61 Å². The van der Waals surface area contributed by atoms with Crippen molar-refractivity contribution in [3.8, 4) is 0 Å². The van der Waals surface area contributed by atoms with Crippen molar-refractivity contribution in [2.24, 2.45) is 0 Å². The maximum absolute atomic E-state index is 9.82. The molecule has 0 saturated heterocycles. The molecule has 0 aromatic rings. The molecular formula is C4H11NaO4. The fourth-order valence-electron chi connectivity index (χ4n) is 0.203. The summed E-state index contributed by atoms with van der Waals surface area (Å²) in [5.74, 6) is -0.211. The summed E-state index contributed by atoms with van der Waals surface area (Å²) in [4.78, 5) is 9.82. The molecule has 0 unspecified atom stereocenters. The molecule has 0 fully saturated rings. The van der Waals surface area contributed by atoms with Crippen LogP contribution < -0.4 is 29.6 Å². The van der Waals surface area contributed by atoms with Crippen molar-refractivity contribution >= 4 is 5.97 Å². The van der Waals surface area contributed by atoms with Crippen LogP contribution in [-0.4, -0.2) is 23.5 Å². The monoisotopic (exact) mass is 146 g/mol. The maximum Gasteiger partial charge on any atom is 1.00 e. The van der Waals surface area contributed by atoms with Crippen molar-refractivity contribution in [1.82, 2.24) is 0 Å². The van der Waals surface area contributed by atoms with Gasteiger partial charge in [-0.1, -0.05) is 0 Å². The fourth-order valence-corrected chi connectivity index (χ4v) is 0.203. The Hall–Kier alpha value is 0.390. The van der Waals surface area contributed by atoms with E-state index in [0.29, 0.717) is 6.61 Å². The van der Waals surface area contributed by atoms with E-state index in [1.54, 1.807) is 6.92 Å². The van der Waals surface area contributed by atoms with Gasteiger partial charge in [-0.2, -0.15) is 0 Å². The molecule has 0 atom stereocenters. The van der Waals surface area contributed by atoms with E-state index in [9.17, 15) is 4.79 Å². The molecule has 0 saturated carbocycles. The first-order chi connectivity index (χ1) is 2.77. The second-order valence-corrected chi connectivity index (χ2v) is 0.925. The first-order valence-corrected chi connectivity index (χ1v) is 1.90. The van der Waals surface area contributed by atoms with Crippen LogP contribution in [0.4, 0.5) is 0 Å². The van der Waals surface area contributed by atoms with E-state index in [1.807, 2.05) is 0 Å².